The van der Waals surface area contributed by atoms with Crippen LogP contribution in [0, 0.1) is 6.92 Å². The SMILES string of the molecule is Cc1sc(N)nc1-c1cc(Cl)cc(Cl)c1. The van der Waals surface area contributed by atoms with Crippen LogP contribution >= 0.6 is 34.5 Å². The van der Waals surface area contributed by atoms with Gasteiger partial charge in [-0.05, 0) is 25.1 Å². The molecule has 5 heteroatoms. The molecule has 0 unspecified atom stereocenters. The molecule has 0 bridgehead atoms. The molecule has 0 aliphatic heterocycles. The fraction of sp³-hybridized carbons (Fsp3) is 0.100. The number of nitrogen functional groups attached to an aromatic ring is 1. The zero-order valence-electron chi connectivity index (χ0n) is 7.92. The Balaban J connectivity index is 2.58. The van der Waals surface area contributed by atoms with Gasteiger partial charge in [0.1, 0.15) is 0 Å². The third-order valence-corrected chi connectivity index (χ3v) is 3.19. The van der Waals surface area contributed by atoms with Crippen molar-refractivity contribution in [1.29, 1.82) is 0 Å². The van der Waals surface area contributed by atoms with Crippen LogP contribution in [0.4, 0.5) is 5.13 Å². The van der Waals surface area contributed by atoms with Crippen LogP contribution in [0.15, 0.2) is 18.2 Å². The molecule has 0 atom stereocenters. The van der Waals surface area contributed by atoms with E-state index in [2.05, 4.69) is 4.98 Å². The molecule has 78 valence electrons. The minimum absolute atomic E-state index is 0.554. The van der Waals surface area contributed by atoms with E-state index < -0.39 is 0 Å². The van der Waals surface area contributed by atoms with E-state index in [1.54, 1.807) is 6.07 Å². The third-order valence-electron chi connectivity index (χ3n) is 1.95. The minimum Gasteiger partial charge on any atom is -0.375 e. The van der Waals surface area contributed by atoms with E-state index in [1.165, 1.54) is 11.3 Å². The second-order valence-electron chi connectivity index (χ2n) is 3.12. The first-order valence-corrected chi connectivity index (χ1v) is 5.83. The van der Waals surface area contributed by atoms with Crippen LogP contribution in [0.3, 0.4) is 0 Å². The lowest BCUT2D eigenvalue weighted by Gasteiger charge is -2.00. The van der Waals surface area contributed by atoms with Gasteiger partial charge in [-0.15, -0.1) is 11.3 Å². The van der Waals surface area contributed by atoms with Gasteiger partial charge in [0.2, 0.25) is 0 Å². The molecule has 1 aromatic heterocycles. The molecule has 0 saturated carbocycles. The van der Waals surface area contributed by atoms with Gasteiger partial charge >= 0.3 is 0 Å². The van der Waals surface area contributed by atoms with E-state index in [0.717, 1.165) is 16.1 Å². The fourth-order valence-electron chi connectivity index (χ4n) is 1.38. The van der Waals surface area contributed by atoms with E-state index in [1.807, 2.05) is 19.1 Å². The number of hydrogen-bond acceptors (Lipinski definition) is 3. The zero-order chi connectivity index (χ0) is 11.0. The van der Waals surface area contributed by atoms with E-state index in [4.69, 9.17) is 28.9 Å². The summed E-state index contributed by atoms with van der Waals surface area (Å²) in [4.78, 5) is 5.30. The molecule has 2 N–H and O–H groups in total. The summed E-state index contributed by atoms with van der Waals surface area (Å²) in [6.07, 6.45) is 0. The summed E-state index contributed by atoms with van der Waals surface area (Å²) in [5.41, 5.74) is 7.38. The van der Waals surface area contributed by atoms with E-state index >= 15 is 0 Å². The van der Waals surface area contributed by atoms with Crippen LogP contribution in [0.1, 0.15) is 4.88 Å². The van der Waals surface area contributed by atoms with Crippen molar-refractivity contribution >= 4 is 39.7 Å². The topological polar surface area (TPSA) is 38.9 Å². The summed E-state index contributed by atoms with van der Waals surface area (Å²) in [7, 11) is 0. The van der Waals surface area contributed by atoms with Crippen molar-refractivity contribution in [2.45, 2.75) is 6.92 Å². The van der Waals surface area contributed by atoms with Crippen LogP contribution in [-0.2, 0) is 0 Å². The molecule has 0 radical (unpaired) electrons. The Hall–Kier alpha value is -0.770. The van der Waals surface area contributed by atoms with Crippen LogP contribution in [0.2, 0.25) is 10.0 Å². The lowest BCUT2D eigenvalue weighted by molar-refractivity contribution is 1.38. The van der Waals surface area contributed by atoms with Gasteiger partial charge in [-0.1, -0.05) is 23.2 Å². The summed E-state index contributed by atoms with van der Waals surface area (Å²) in [6, 6.07) is 5.35. The first-order chi connectivity index (χ1) is 7.06. The van der Waals surface area contributed by atoms with Gasteiger partial charge in [0.05, 0.1) is 5.69 Å². The Morgan fingerprint density at radius 2 is 1.80 bits per heavy atom. The Labute approximate surface area is 102 Å². The number of benzene rings is 1. The first kappa shape index (κ1) is 10.7. The third kappa shape index (κ3) is 2.25. The van der Waals surface area contributed by atoms with Gasteiger partial charge in [-0.3, -0.25) is 0 Å². The number of rotatable bonds is 1. The van der Waals surface area contributed by atoms with Crippen molar-refractivity contribution in [3.05, 3.63) is 33.1 Å². The molecular weight excluding hydrogens is 251 g/mol. The molecule has 0 spiro atoms. The van der Waals surface area contributed by atoms with Gasteiger partial charge in [0.25, 0.3) is 0 Å². The maximum Gasteiger partial charge on any atom is 0.180 e. The average Bonchev–Trinajstić information content (AvgIpc) is 2.43. The smallest absolute Gasteiger partial charge is 0.180 e. The van der Waals surface area contributed by atoms with E-state index in [-0.39, 0.29) is 0 Å². The monoisotopic (exact) mass is 258 g/mol. The molecule has 0 amide bonds. The molecule has 0 aliphatic rings. The number of aryl methyl sites for hydroxylation is 1. The van der Waals surface area contributed by atoms with Crippen LogP contribution in [-0.4, -0.2) is 4.98 Å². The highest BCUT2D eigenvalue weighted by Gasteiger charge is 2.09. The molecular formula is C10H8Cl2N2S. The highest BCUT2D eigenvalue weighted by Crippen LogP contribution is 2.32. The molecule has 1 heterocycles. The van der Waals surface area contributed by atoms with Gasteiger partial charge in [-0.2, -0.15) is 0 Å². The van der Waals surface area contributed by atoms with E-state index in [9.17, 15) is 0 Å². The second kappa shape index (κ2) is 4.00. The molecule has 2 nitrogen and oxygen atoms in total. The van der Waals surface area contributed by atoms with Crippen molar-refractivity contribution in [3.63, 3.8) is 0 Å². The summed E-state index contributed by atoms with van der Waals surface area (Å²) in [5, 5.41) is 1.76. The number of aromatic nitrogens is 1. The number of nitrogens with two attached hydrogens (primary N) is 1. The standard InChI is InChI=1S/C10H8Cl2N2S/c1-5-9(14-10(13)15-5)6-2-7(11)4-8(12)3-6/h2-4H,1H3,(H2,13,14). The maximum absolute atomic E-state index is 5.92. The summed E-state index contributed by atoms with van der Waals surface area (Å²) in [6.45, 7) is 1.97. The van der Waals surface area contributed by atoms with Crippen LogP contribution < -0.4 is 5.73 Å². The summed E-state index contributed by atoms with van der Waals surface area (Å²) in [5.74, 6) is 0. The number of halogens is 2. The summed E-state index contributed by atoms with van der Waals surface area (Å²) >= 11 is 13.3. The fourth-order valence-corrected chi connectivity index (χ4v) is 2.61. The first-order valence-electron chi connectivity index (χ1n) is 4.25. The maximum atomic E-state index is 5.92. The average molecular weight is 259 g/mol. The van der Waals surface area contributed by atoms with Gasteiger partial charge in [0, 0.05) is 20.5 Å². The Kier molecular flexibility index (Phi) is 2.87. The Bertz CT molecular complexity index is 488. The largest absolute Gasteiger partial charge is 0.375 e. The Morgan fingerprint density at radius 3 is 2.27 bits per heavy atom. The molecule has 0 aliphatic carbocycles. The molecule has 15 heavy (non-hydrogen) atoms. The van der Waals surface area contributed by atoms with Gasteiger partial charge in [0.15, 0.2) is 5.13 Å². The molecule has 0 fully saturated rings. The predicted molar refractivity (Wildman–Crippen MR) is 66.7 cm³/mol. The second-order valence-corrected chi connectivity index (χ2v) is 5.22. The molecule has 1 aromatic carbocycles. The Morgan fingerprint density at radius 1 is 1.20 bits per heavy atom. The lowest BCUT2D eigenvalue weighted by Crippen LogP contribution is -1.84. The van der Waals surface area contributed by atoms with Crippen molar-refractivity contribution in [1.82, 2.24) is 4.98 Å². The molecule has 2 aromatic rings. The number of nitrogens with zero attached hydrogens (tertiary/aromatic N) is 1. The predicted octanol–water partition coefficient (Wildman–Crippen LogP) is 4.01. The van der Waals surface area contributed by atoms with Crippen molar-refractivity contribution in [2.75, 3.05) is 5.73 Å². The molecule has 2 rings (SSSR count). The number of thiazole rings is 1. The number of hydrogen-bond donors (Lipinski definition) is 1. The normalized spacial score (nSPS) is 10.6. The lowest BCUT2D eigenvalue weighted by atomic mass is 10.1. The van der Waals surface area contributed by atoms with Gasteiger partial charge < -0.3 is 5.73 Å². The summed E-state index contributed by atoms with van der Waals surface area (Å²) < 4.78 is 0. The van der Waals surface area contributed by atoms with Gasteiger partial charge in [-0.25, -0.2) is 4.98 Å². The zero-order valence-corrected chi connectivity index (χ0v) is 10.2. The number of anilines is 1. The molecule has 0 saturated heterocycles. The van der Waals surface area contributed by atoms with E-state index in [0.29, 0.717) is 15.2 Å². The highest BCUT2D eigenvalue weighted by molar-refractivity contribution is 7.15. The van der Waals surface area contributed by atoms with Crippen molar-refractivity contribution < 1.29 is 0 Å². The van der Waals surface area contributed by atoms with Crippen molar-refractivity contribution in [2.24, 2.45) is 0 Å². The quantitative estimate of drug-likeness (QED) is 0.840. The van der Waals surface area contributed by atoms with Crippen LogP contribution in [0.5, 0.6) is 0 Å². The minimum atomic E-state index is 0.554. The highest BCUT2D eigenvalue weighted by atomic mass is 35.5. The van der Waals surface area contributed by atoms with Crippen LogP contribution in [0.25, 0.3) is 11.3 Å². The van der Waals surface area contributed by atoms with Crippen molar-refractivity contribution in [3.8, 4) is 11.3 Å².